The van der Waals surface area contributed by atoms with E-state index in [0.29, 0.717) is 19.4 Å². The zero-order valence-corrected chi connectivity index (χ0v) is 52.6. The molecule has 1 aliphatic heterocycles. The number of allylic oxidation sites excluding steroid dienone is 1. The molecule has 1 saturated heterocycles. The van der Waals surface area contributed by atoms with E-state index in [2.05, 4.69) is 19.2 Å². The zero-order valence-electron chi connectivity index (χ0n) is 52.6. The average Bonchev–Trinajstić information content (AvgIpc) is 3.46. The lowest BCUT2D eigenvalue weighted by Crippen LogP contribution is -2.60. The lowest BCUT2D eigenvalue weighted by atomic mass is 9.99. The Morgan fingerprint density at radius 2 is 0.787 bits per heavy atom. The standard InChI is InChI=1S/C69H133NO10/c1-3-5-7-9-11-13-14-15-16-27-31-34-37-41-45-49-53-57-65(74)78-58-54-50-46-42-38-35-32-29-26-24-22-20-18-17-19-21-23-25-28-30-33-36-40-44-48-52-56-64(73)70-61(62(72)55-51-47-43-39-12-10-8-6-4-2)60-79-69-68(77)67(76)66(75)63(59-71)80-69/h51,55,61-63,66-69,71-72,75-77H,3-50,52-54,56-60H2,1-2H3,(H,70,73)/b55-51+. The lowest BCUT2D eigenvalue weighted by Gasteiger charge is -2.40. The van der Waals surface area contributed by atoms with Gasteiger partial charge in [-0.2, -0.15) is 0 Å². The van der Waals surface area contributed by atoms with Crippen LogP contribution in [0.5, 0.6) is 0 Å². The highest BCUT2D eigenvalue weighted by molar-refractivity contribution is 5.76. The number of hydrogen-bond donors (Lipinski definition) is 6. The summed E-state index contributed by atoms with van der Waals surface area (Å²) in [4.78, 5) is 25.1. The predicted octanol–water partition coefficient (Wildman–Crippen LogP) is 17.5. The molecule has 7 unspecified atom stereocenters. The van der Waals surface area contributed by atoms with Crippen LogP contribution in [0.3, 0.4) is 0 Å². The number of unbranched alkanes of at least 4 members (excludes halogenated alkanes) is 48. The van der Waals surface area contributed by atoms with Crippen molar-refractivity contribution in [1.82, 2.24) is 5.32 Å². The van der Waals surface area contributed by atoms with Crippen LogP contribution < -0.4 is 5.32 Å². The SMILES string of the molecule is CCCCCCCCC/C=C/C(O)C(COC1OC(CO)C(O)C(O)C1O)NC(=O)CCCCCCCCCCCCCCCCCCCCCCCCCCCCOC(=O)CCCCCCCCCCCCCCCCCCC. The van der Waals surface area contributed by atoms with Crippen LogP contribution >= 0.6 is 0 Å². The van der Waals surface area contributed by atoms with Crippen molar-refractivity contribution < 1.29 is 49.3 Å². The van der Waals surface area contributed by atoms with Gasteiger partial charge in [0.2, 0.25) is 5.91 Å². The third-order valence-corrected chi connectivity index (χ3v) is 16.9. The van der Waals surface area contributed by atoms with Crippen molar-refractivity contribution in [2.45, 2.75) is 397 Å². The molecule has 11 nitrogen and oxygen atoms in total. The molecule has 1 rings (SSSR count). The Balaban J connectivity index is 1.90. The Kier molecular flexibility index (Phi) is 56.5. The molecule has 7 atom stereocenters. The minimum absolute atomic E-state index is 0.0120. The predicted molar refractivity (Wildman–Crippen MR) is 334 cm³/mol. The van der Waals surface area contributed by atoms with E-state index in [1.165, 1.54) is 276 Å². The molecular formula is C69H133NO10. The van der Waals surface area contributed by atoms with E-state index < -0.39 is 49.5 Å². The zero-order chi connectivity index (χ0) is 58.0. The van der Waals surface area contributed by atoms with Gasteiger partial charge in [-0.15, -0.1) is 0 Å². The monoisotopic (exact) mass is 1140 g/mol. The second kappa shape index (κ2) is 59.1. The van der Waals surface area contributed by atoms with E-state index in [9.17, 15) is 35.1 Å². The third kappa shape index (κ3) is 47.7. The fraction of sp³-hybridized carbons (Fsp3) is 0.942. The summed E-state index contributed by atoms with van der Waals surface area (Å²) in [5.74, 6) is -0.168. The number of amides is 1. The maximum absolute atomic E-state index is 13.0. The molecule has 1 fully saturated rings. The van der Waals surface area contributed by atoms with E-state index >= 15 is 0 Å². The van der Waals surface area contributed by atoms with Crippen molar-refractivity contribution >= 4 is 11.9 Å². The number of hydrogen-bond acceptors (Lipinski definition) is 10. The normalized spacial score (nSPS) is 18.3. The molecular weight excluding hydrogens is 1000 g/mol. The number of rotatable bonds is 62. The molecule has 0 aliphatic carbocycles. The van der Waals surface area contributed by atoms with Gasteiger partial charge in [0.1, 0.15) is 24.4 Å². The number of carbonyl (C=O) groups excluding carboxylic acids is 2. The van der Waals surface area contributed by atoms with Gasteiger partial charge in [-0.1, -0.05) is 321 Å². The van der Waals surface area contributed by atoms with E-state index in [0.717, 1.165) is 51.4 Å². The topological polar surface area (TPSA) is 175 Å². The van der Waals surface area contributed by atoms with Gasteiger partial charge in [0.05, 0.1) is 32.0 Å². The first-order valence-electron chi connectivity index (χ1n) is 35.0. The van der Waals surface area contributed by atoms with Crippen LogP contribution in [0.25, 0.3) is 0 Å². The van der Waals surface area contributed by atoms with Gasteiger partial charge in [-0.3, -0.25) is 9.59 Å². The number of nitrogens with one attached hydrogen (secondary N) is 1. The van der Waals surface area contributed by atoms with Gasteiger partial charge in [-0.25, -0.2) is 0 Å². The Hall–Kier alpha value is -1.60. The highest BCUT2D eigenvalue weighted by Crippen LogP contribution is 2.23. The van der Waals surface area contributed by atoms with Crippen molar-refractivity contribution in [3.63, 3.8) is 0 Å². The summed E-state index contributed by atoms with van der Waals surface area (Å²) in [6.07, 6.45) is 62.1. The minimum Gasteiger partial charge on any atom is -0.466 e. The highest BCUT2D eigenvalue weighted by atomic mass is 16.7. The maximum atomic E-state index is 13.0. The van der Waals surface area contributed by atoms with Crippen LogP contribution in [0, 0.1) is 0 Å². The fourth-order valence-corrected chi connectivity index (χ4v) is 11.4. The number of carbonyl (C=O) groups is 2. The van der Waals surface area contributed by atoms with Crippen molar-refractivity contribution in [2.24, 2.45) is 0 Å². The first-order chi connectivity index (χ1) is 39.2. The molecule has 0 aromatic carbocycles. The number of aliphatic hydroxyl groups is 5. The van der Waals surface area contributed by atoms with Crippen molar-refractivity contribution in [2.75, 3.05) is 19.8 Å². The van der Waals surface area contributed by atoms with Crippen LogP contribution in [0.15, 0.2) is 12.2 Å². The van der Waals surface area contributed by atoms with Crippen LogP contribution in [0.4, 0.5) is 0 Å². The largest absolute Gasteiger partial charge is 0.466 e. The number of ether oxygens (including phenoxy) is 3. The molecule has 11 heteroatoms. The van der Waals surface area contributed by atoms with Crippen molar-refractivity contribution in [3.05, 3.63) is 12.2 Å². The quantitative estimate of drug-likeness (QED) is 0.0195. The second-order valence-electron chi connectivity index (χ2n) is 24.6. The average molecular weight is 1140 g/mol. The molecule has 1 aliphatic rings. The van der Waals surface area contributed by atoms with E-state index in [4.69, 9.17) is 14.2 Å². The Bertz CT molecular complexity index is 1330. The molecule has 1 amide bonds. The molecule has 0 aromatic heterocycles. The highest BCUT2D eigenvalue weighted by Gasteiger charge is 2.44. The summed E-state index contributed by atoms with van der Waals surface area (Å²) in [5, 5.41) is 54.3. The lowest BCUT2D eigenvalue weighted by molar-refractivity contribution is -0.302. The summed E-state index contributed by atoms with van der Waals surface area (Å²) in [6.45, 7) is 4.36. The third-order valence-electron chi connectivity index (χ3n) is 16.9. The summed E-state index contributed by atoms with van der Waals surface area (Å²) in [6, 6.07) is -0.806. The Morgan fingerprint density at radius 1 is 0.450 bits per heavy atom. The van der Waals surface area contributed by atoms with E-state index in [-0.39, 0.29) is 18.5 Å². The molecule has 0 radical (unpaired) electrons. The summed E-state index contributed by atoms with van der Waals surface area (Å²) < 4.78 is 16.7. The van der Waals surface area contributed by atoms with Crippen LogP contribution in [-0.2, 0) is 23.8 Å². The molecule has 0 spiro atoms. The fourth-order valence-electron chi connectivity index (χ4n) is 11.4. The Morgan fingerprint density at radius 3 is 1.16 bits per heavy atom. The first-order valence-corrected chi connectivity index (χ1v) is 35.0. The van der Waals surface area contributed by atoms with Gasteiger partial charge in [-0.05, 0) is 32.1 Å². The van der Waals surface area contributed by atoms with Gasteiger partial charge >= 0.3 is 5.97 Å². The molecule has 0 aromatic rings. The molecule has 80 heavy (non-hydrogen) atoms. The minimum atomic E-state index is -1.57. The summed E-state index contributed by atoms with van der Waals surface area (Å²) in [5.41, 5.74) is 0. The van der Waals surface area contributed by atoms with Crippen LogP contribution in [0.1, 0.15) is 354 Å². The first kappa shape index (κ1) is 76.4. The van der Waals surface area contributed by atoms with Crippen molar-refractivity contribution in [3.8, 4) is 0 Å². The molecule has 0 saturated carbocycles. The summed E-state index contributed by atoms with van der Waals surface area (Å²) in [7, 11) is 0. The van der Waals surface area contributed by atoms with Crippen LogP contribution in [0.2, 0.25) is 0 Å². The van der Waals surface area contributed by atoms with Gasteiger partial charge < -0.3 is 45.1 Å². The molecule has 0 bridgehead atoms. The van der Waals surface area contributed by atoms with Gasteiger partial charge in [0, 0.05) is 12.8 Å². The molecule has 1 heterocycles. The second-order valence-corrected chi connectivity index (χ2v) is 24.6. The van der Waals surface area contributed by atoms with Gasteiger partial charge in [0.15, 0.2) is 6.29 Å². The molecule has 474 valence electrons. The van der Waals surface area contributed by atoms with Crippen molar-refractivity contribution in [1.29, 1.82) is 0 Å². The van der Waals surface area contributed by atoms with Gasteiger partial charge in [0.25, 0.3) is 0 Å². The Labute approximate surface area is 493 Å². The smallest absolute Gasteiger partial charge is 0.305 e. The summed E-state index contributed by atoms with van der Waals surface area (Å²) >= 11 is 0. The maximum Gasteiger partial charge on any atom is 0.305 e. The number of aliphatic hydroxyl groups excluding tert-OH is 5. The van der Waals surface area contributed by atoms with Crippen LogP contribution in [-0.4, -0.2) is 100 Å². The van der Waals surface area contributed by atoms with E-state index in [1.54, 1.807) is 6.08 Å². The molecule has 6 N–H and O–H groups in total. The van der Waals surface area contributed by atoms with E-state index in [1.807, 2.05) is 6.08 Å². The number of esters is 1.